The maximum absolute atomic E-state index is 13.6. The first kappa shape index (κ1) is 23.9. The Bertz CT molecular complexity index is 1070. The quantitative estimate of drug-likeness (QED) is 0.646. The van der Waals surface area contributed by atoms with Crippen molar-refractivity contribution in [1.82, 2.24) is 9.80 Å². The Balaban J connectivity index is 1.44. The molecular formula is C29H36N2O4. The van der Waals surface area contributed by atoms with E-state index in [2.05, 4.69) is 48.2 Å². The summed E-state index contributed by atoms with van der Waals surface area (Å²) in [6, 6.07) is 14.5. The molecule has 2 atom stereocenters. The first-order valence-electron chi connectivity index (χ1n) is 13.0. The van der Waals surface area contributed by atoms with Crippen molar-refractivity contribution in [3.8, 4) is 5.75 Å². The monoisotopic (exact) mass is 476 g/mol. The van der Waals surface area contributed by atoms with Crippen molar-refractivity contribution < 1.29 is 19.1 Å². The van der Waals surface area contributed by atoms with Gasteiger partial charge in [-0.15, -0.1) is 0 Å². The normalized spacial score (nSPS) is 21.5. The highest BCUT2D eigenvalue weighted by atomic mass is 16.5. The molecule has 186 valence electrons. The van der Waals surface area contributed by atoms with Crippen LogP contribution in [0.5, 0.6) is 5.75 Å². The van der Waals surface area contributed by atoms with Gasteiger partial charge in [-0.25, -0.2) is 0 Å². The second-order valence-electron chi connectivity index (χ2n) is 10.1. The largest absolute Gasteiger partial charge is 0.481 e. The number of benzene rings is 2. The van der Waals surface area contributed by atoms with Gasteiger partial charge in [-0.2, -0.15) is 0 Å². The standard InChI is InChI=1S/C29H36N2O4/c1-20-6-5-9-24(18-20)27-26-19-25(35-21(2)28(32)30-14-16-34-17-15-30)11-10-22(26)12-13-31(27)29(33)23-7-3-4-8-23/h5-6,9-11,18-19,21,23,27H,3-4,7-8,12-17H2,1-2H3/t21-,27+/m0/s1. The zero-order valence-corrected chi connectivity index (χ0v) is 20.9. The summed E-state index contributed by atoms with van der Waals surface area (Å²) < 4.78 is 11.5. The van der Waals surface area contributed by atoms with Crippen LogP contribution in [0.2, 0.25) is 0 Å². The molecule has 1 aliphatic carbocycles. The second-order valence-corrected chi connectivity index (χ2v) is 10.1. The van der Waals surface area contributed by atoms with E-state index in [1.54, 1.807) is 0 Å². The molecule has 6 heteroatoms. The number of hydrogen-bond acceptors (Lipinski definition) is 4. The number of rotatable bonds is 5. The molecular weight excluding hydrogens is 440 g/mol. The van der Waals surface area contributed by atoms with Gasteiger partial charge in [0.1, 0.15) is 5.75 Å². The van der Waals surface area contributed by atoms with Gasteiger partial charge >= 0.3 is 0 Å². The maximum Gasteiger partial charge on any atom is 0.263 e. The minimum Gasteiger partial charge on any atom is -0.481 e. The fourth-order valence-electron chi connectivity index (χ4n) is 5.81. The van der Waals surface area contributed by atoms with Gasteiger partial charge in [0.2, 0.25) is 5.91 Å². The summed E-state index contributed by atoms with van der Waals surface area (Å²) in [5.41, 5.74) is 4.66. The van der Waals surface area contributed by atoms with E-state index in [0.717, 1.165) is 49.8 Å². The van der Waals surface area contributed by atoms with Crippen molar-refractivity contribution in [2.75, 3.05) is 32.8 Å². The van der Waals surface area contributed by atoms with Crippen molar-refractivity contribution in [1.29, 1.82) is 0 Å². The van der Waals surface area contributed by atoms with Crippen LogP contribution in [0, 0.1) is 12.8 Å². The fourth-order valence-corrected chi connectivity index (χ4v) is 5.81. The van der Waals surface area contributed by atoms with Crippen molar-refractivity contribution >= 4 is 11.8 Å². The van der Waals surface area contributed by atoms with E-state index in [-0.39, 0.29) is 23.8 Å². The van der Waals surface area contributed by atoms with E-state index in [1.807, 2.05) is 17.9 Å². The molecule has 0 unspecified atom stereocenters. The highest BCUT2D eigenvalue weighted by molar-refractivity contribution is 5.81. The van der Waals surface area contributed by atoms with Crippen LogP contribution in [0.1, 0.15) is 60.9 Å². The van der Waals surface area contributed by atoms with E-state index in [0.29, 0.717) is 32.1 Å². The molecule has 2 aromatic carbocycles. The van der Waals surface area contributed by atoms with Gasteiger partial charge in [-0.1, -0.05) is 48.7 Å². The number of morpholine rings is 1. The minimum atomic E-state index is -0.580. The van der Waals surface area contributed by atoms with Crippen LogP contribution in [-0.2, 0) is 20.7 Å². The topological polar surface area (TPSA) is 59.1 Å². The average molecular weight is 477 g/mol. The third kappa shape index (κ3) is 5.08. The number of carbonyl (C=O) groups is 2. The lowest BCUT2D eigenvalue weighted by Gasteiger charge is -2.39. The van der Waals surface area contributed by atoms with Gasteiger partial charge in [0.25, 0.3) is 5.91 Å². The number of amides is 2. The summed E-state index contributed by atoms with van der Waals surface area (Å²) in [5, 5.41) is 0. The summed E-state index contributed by atoms with van der Waals surface area (Å²) >= 11 is 0. The molecule has 0 bridgehead atoms. The Morgan fingerprint density at radius 3 is 2.54 bits per heavy atom. The van der Waals surface area contributed by atoms with Crippen LogP contribution < -0.4 is 4.74 Å². The predicted octanol–water partition coefficient (Wildman–Crippen LogP) is 4.29. The number of hydrogen-bond donors (Lipinski definition) is 0. The molecule has 0 N–H and O–H groups in total. The van der Waals surface area contributed by atoms with E-state index >= 15 is 0 Å². The number of fused-ring (bicyclic) bond motifs is 1. The smallest absolute Gasteiger partial charge is 0.263 e. The molecule has 2 heterocycles. The molecule has 0 spiro atoms. The Hall–Kier alpha value is -2.86. The van der Waals surface area contributed by atoms with Gasteiger partial charge in [0, 0.05) is 25.6 Å². The summed E-state index contributed by atoms with van der Waals surface area (Å²) in [6.45, 7) is 6.97. The van der Waals surface area contributed by atoms with Crippen LogP contribution in [0.25, 0.3) is 0 Å². The van der Waals surface area contributed by atoms with Gasteiger partial charge in [-0.05, 0) is 61.9 Å². The number of ether oxygens (including phenoxy) is 2. The highest BCUT2D eigenvalue weighted by Crippen LogP contribution is 2.40. The lowest BCUT2D eigenvalue weighted by Crippen LogP contribution is -2.46. The van der Waals surface area contributed by atoms with Crippen molar-refractivity contribution in [3.05, 3.63) is 64.7 Å². The van der Waals surface area contributed by atoms with Crippen molar-refractivity contribution in [2.45, 2.75) is 58.1 Å². The van der Waals surface area contributed by atoms with E-state index < -0.39 is 6.10 Å². The lowest BCUT2D eigenvalue weighted by molar-refractivity contribution is -0.142. The second kappa shape index (κ2) is 10.4. The SMILES string of the molecule is Cc1cccc([C@@H]2c3cc(O[C@@H](C)C(=O)N4CCOCC4)ccc3CCN2C(=O)C2CCCC2)c1. The first-order valence-corrected chi connectivity index (χ1v) is 13.0. The zero-order valence-electron chi connectivity index (χ0n) is 20.9. The molecule has 2 amide bonds. The molecule has 0 aromatic heterocycles. The molecule has 3 aliphatic rings. The Morgan fingerprint density at radius 2 is 1.80 bits per heavy atom. The van der Waals surface area contributed by atoms with E-state index in [1.165, 1.54) is 11.1 Å². The molecule has 2 aliphatic heterocycles. The van der Waals surface area contributed by atoms with Gasteiger partial charge in [0.15, 0.2) is 6.10 Å². The van der Waals surface area contributed by atoms with Gasteiger partial charge in [-0.3, -0.25) is 9.59 Å². The third-order valence-electron chi connectivity index (χ3n) is 7.67. The molecule has 2 fully saturated rings. The Labute approximate surface area is 208 Å². The molecule has 0 radical (unpaired) electrons. The molecule has 1 saturated heterocycles. The van der Waals surface area contributed by atoms with E-state index in [4.69, 9.17) is 9.47 Å². The van der Waals surface area contributed by atoms with Crippen molar-refractivity contribution in [2.24, 2.45) is 5.92 Å². The molecule has 1 saturated carbocycles. The fraction of sp³-hybridized carbons (Fsp3) is 0.517. The third-order valence-corrected chi connectivity index (χ3v) is 7.67. The van der Waals surface area contributed by atoms with Crippen LogP contribution in [-0.4, -0.2) is 60.6 Å². The highest BCUT2D eigenvalue weighted by Gasteiger charge is 2.36. The number of aryl methyl sites for hydroxylation is 1. The van der Waals surface area contributed by atoms with Gasteiger partial charge in [0.05, 0.1) is 19.3 Å². The van der Waals surface area contributed by atoms with Crippen LogP contribution in [0.4, 0.5) is 0 Å². The molecule has 2 aromatic rings. The summed E-state index contributed by atoms with van der Waals surface area (Å²) in [6.07, 6.45) is 4.52. The number of nitrogens with zero attached hydrogens (tertiary/aromatic N) is 2. The van der Waals surface area contributed by atoms with E-state index in [9.17, 15) is 9.59 Å². The average Bonchev–Trinajstić information content (AvgIpc) is 3.43. The van der Waals surface area contributed by atoms with Crippen LogP contribution in [0.15, 0.2) is 42.5 Å². The minimum absolute atomic E-state index is 0.0145. The molecule has 35 heavy (non-hydrogen) atoms. The molecule has 5 rings (SSSR count). The summed E-state index contributed by atoms with van der Waals surface area (Å²) in [7, 11) is 0. The first-order chi connectivity index (χ1) is 17.0. The predicted molar refractivity (Wildman–Crippen MR) is 134 cm³/mol. The van der Waals surface area contributed by atoms with Crippen LogP contribution in [0.3, 0.4) is 0 Å². The summed E-state index contributed by atoms with van der Waals surface area (Å²) in [5.74, 6) is 1.07. The lowest BCUT2D eigenvalue weighted by atomic mass is 9.86. The van der Waals surface area contributed by atoms with Crippen LogP contribution >= 0.6 is 0 Å². The van der Waals surface area contributed by atoms with Gasteiger partial charge < -0.3 is 19.3 Å². The zero-order chi connectivity index (χ0) is 24.4. The summed E-state index contributed by atoms with van der Waals surface area (Å²) in [4.78, 5) is 30.4. The maximum atomic E-state index is 13.6. The van der Waals surface area contributed by atoms with Crippen molar-refractivity contribution in [3.63, 3.8) is 0 Å². The number of carbonyl (C=O) groups excluding carboxylic acids is 2. The molecule has 6 nitrogen and oxygen atoms in total. The Morgan fingerprint density at radius 1 is 1.03 bits per heavy atom. The Kier molecular flexibility index (Phi) is 7.09.